The molecule has 0 bridgehead atoms. The summed E-state index contributed by atoms with van der Waals surface area (Å²) in [6.07, 6.45) is 4.96. The summed E-state index contributed by atoms with van der Waals surface area (Å²) in [5.74, 6) is 0.539. The molecule has 3 heteroatoms. The summed E-state index contributed by atoms with van der Waals surface area (Å²) in [5.41, 5.74) is 3.13. The van der Waals surface area contributed by atoms with Gasteiger partial charge in [-0.2, -0.15) is 0 Å². The number of ketones is 1. The number of rotatable bonds is 4. The predicted octanol–water partition coefficient (Wildman–Crippen LogP) is 4.35. The largest absolute Gasteiger partial charge is 0.289 e. The van der Waals surface area contributed by atoms with E-state index in [0.717, 1.165) is 11.1 Å². The molecule has 0 radical (unpaired) electrons. The zero-order chi connectivity index (χ0) is 16.1. The molecule has 0 saturated heterocycles. The van der Waals surface area contributed by atoms with Gasteiger partial charge < -0.3 is 0 Å². The highest BCUT2D eigenvalue weighted by Crippen LogP contribution is 2.16. The van der Waals surface area contributed by atoms with Gasteiger partial charge in [0, 0.05) is 11.8 Å². The summed E-state index contributed by atoms with van der Waals surface area (Å²) in [6, 6.07) is 19.4. The molecule has 0 fully saturated rings. The SMILES string of the molecule is Cc1nc(-c2ccccc2)ncc1C(=O)/C=C/c1ccccc1. The zero-order valence-corrected chi connectivity index (χ0v) is 12.8. The summed E-state index contributed by atoms with van der Waals surface area (Å²) < 4.78 is 0. The quantitative estimate of drug-likeness (QED) is 0.531. The van der Waals surface area contributed by atoms with Crippen LogP contribution in [0.3, 0.4) is 0 Å². The van der Waals surface area contributed by atoms with E-state index in [1.54, 1.807) is 18.3 Å². The Morgan fingerprint density at radius 1 is 0.957 bits per heavy atom. The number of carbonyl (C=O) groups is 1. The van der Waals surface area contributed by atoms with Gasteiger partial charge in [-0.05, 0) is 18.6 Å². The lowest BCUT2D eigenvalue weighted by molar-refractivity contribution is 0.104. The van der Waals surface area contributed by atoms with Gasteiger partial charge in [0.2, 0.25) is 0 Å². The van der Waals surface area contributed by atoms with Crippen molar-refractivity contribution in [3.63, 3.8) is 0 Å². The Morgan fingerprint density at radius 2 is 1.61 bits per heavy atom. The van der Waals surface area contributed by atoms with Crippen molar-refractivity contribution in [3.05, 3.63) is 89.8 Å². The molecule has 1 heterocycles. The highest BCUT2D eigenvalue weighted by Gasteiger charge is 2.10. The second-order valence-electron chi connectivity index (χ2n) is 5.17. The fourth-order valence-corrected chi connectivity index (χ4v) is 2.26. The minimum absolute atomic E-state index is 0.0917. The summed E-state index contributed by atoms with van der Waals surface area (Å²) in [7, 11) is 0. The van der Waals surface area contributed by atoms with E-state index in [-0.39, 0.29) is 5.78 Å². The molecule has 0 aliphatic rings. The first-order valence-electron chi connectivity index (χ1n) is 7.40. The van der Waals surface area contributed by atoms with Gasteiger partial charge in [-0.25, -0.2) is 9.97 Å². The molecule has 112 valence electrons. The summed E-state index contributed by atoms with van der Waals surface area (Å²) in [4.78, 5) is 21.1. The van der Waals surface area contributed by atoms with E-state index in [9.17, 15) is 4.79 Å². The molecule has 0 amide bonds. The Labute approximate surface area is 135 Å². The average molecular weight is 300 g/mol. The third kappa shape index (κ3) is 3.58. The minimum atomic E-state index is -0.0917. The molecule has 0 aliphatic heterocycles. The van der Waals surface area contributed by atoms with Crippen molar-refractivity contribution in [1.29, 1.82) is 0 Å². The fraction of sp³-hybridized carbons (Fsp3) is 0.0500. The number of aromatic nitrogens is 2. The smallest absolute Gasteiger partial charge is 0.189 e. The molecule has 2 aromatic carbocycles. The Balaban J connectivity index is 1.83. The van der Waals surface area contributed by atoms with Gasteiger partial charge in [0.15, 0.2) is 11.6 Å². The van der Waals surface area contributed by atoms with Gasteiger partial charge in [-0.15, -0.1) is 0 Å². The van der Waals surface area contributed by atoms with Crippen LogP contribution in [0.5, 0.6) is 0 Å². The lowest BCUT2D eigenvalue weighted by Crippen LogP contribution is -2.03. The molecular weight excluding hydrogens is 284 g/mol. The van der Waals surface area contributed by atoms with Gasteiger partial charge in [-0.1, -0.05) is 66.7 Å². The first-order chi connectivity index (χ1) is 11.2. The van der Waals surface area contributed by atoms with Gasteiger partial charge >= 0.3 is 0 Å². The van der Waals surface area contributed by atoms with E-state index in [4.69, 9.17) is 0 Å². The van der Waals surface area contributed by atoms with Crippen LogP contribution in [0.15, 0.2) is 72.9 Å². The van der Waals surface area contributed by atoms with Crippen LogP contribution in [0.25, 0.3) is 17.5 Å². The predicted molar refractivity (Wildman–Crippen MR) is 92.0 cm³/mol. The van der Waals surface area contributed by atoms with E-state index in [2.05, 4.69) is 9.97 Å². The average Bonchev–Trinajstić information content (AvgIpc) is 2.61. The zero-order valence-electron chi connectivity index (χ0n) is 12.8. The lowest BCUT2D eigenvalue weighted by atomic mass is 10.1. The Kier molecular flexibility index (Phi) is 4.39. The van der Waals surface area contributed by atoms with Gasteiger partial charge in [0.05, 0.1) is 11.3 Å². The standard InChI is InChI=1S/C20H16N2O/c1-15-18(19(23)13-12-16-8-4-2-5-9-16)14-21-20(22-15)17-10-6-3-7-11-17/h2-14H,1H3/b13-12+. The van der Waals surface area contributed by atoms with Gasteiger partial charge in [0.25, 0.3) is 0 Å². The first-order valence-corrected chi connectivity index (χ1v) is 7.40. The number of carbonyl (C=O) groups excluding carboxylic acids is 1. The molecule has 0 saturated carbocycles. The summed E-state index contributed by atoms with van der Waals surface area (Å²) in [5, 5.41) is 0. The molecule has 3 nitrogen and oxygen atoms in total. The van der Waals surface area contributed by atoms with Crippen LogP contribution in [-0.2, 0) is 0 Å². The van der Waals surface area contributed by atoms with Crippen molar-refractivity contribution in [2.75, 3.05) is 0 Å². The Hall–Kier alpha value is -3.07. The van der Waals surface area contributed by atoms with Gasteiger partial charge in [-0.3, -0.25) is 4.79 Å². The number of benzene rings is 2. The summed E-state index contributed by atoms with van der Waals surface area (Å²) in [6.45, 7) is 1.83. The van der Waals surface area contributed by atoms with E-state index >= 15 is 0 Å². The molecule has 0 spiro atoms. The molecule has 23 heavy (non-hydrogen) atoms. The third-order valence-corrected chi connectivity index (χ3v) is 3.50. The highest BCUT2D eigenvalue weighted by molar-refractivity contribution is 6.07. The second-order valence-corrected chi connectivity index (χ2v) is 5.17. The van der Waals surface area contributed by atoms with Crippen molar-refractivity contribution in [3.8, 4) is 11.4 Å². The maximum Gasteiger partial charge on any atom is 0.189 e. The first kappa shape index (κ1) is 14.9. The van der Waals surface area contributed by atoms with Crippen LogP contribution in [0, 0.1) is 6.92 Å². The van der Waals surface area contributed by atoms with Crippen molar-refractivity contribution in [1.82, 2.24) is 9.97 Å². The molecule has 3 aromatic rings. The number of nitrogens with zero attached hydrogens (tertiary/aromatic N) is 2. The summed E-state index contributed by atoms with van der Waals surface area (Å²) >= 11 is 0. The number of aryl methyl sites for hydroxylation is 1. The molecule has 3 rings (SSSR count). The molecule has 0 atom stereocenters. The normalized spacial score (nSPS) is 10.8. The number of hydrogen-bond acceptors (Lipinski definition) is 3. The molecule has 0 unspecified atom stereocenters. The van der Waals surface area contributed by atoms with Crippen LogP contribution in [0.4, 0.5) is 0 Å². The topological polar surface area (TPSA) is 42.9 Å². The minimum Gasteiger partial charge on any atom is -0.289 e. The Bertz CT molecular complexity index is 840. The Morgan fingerprint density at radius 3 is 2.26 bits per heavy atom. The van der Waals surface area contributed by atoms with E-state index in [0.29, 0.717) is 17.1 Å². The van der Waals surface area contributed by atoms with E-state index < -0.39 is 0 Å². The van der Waals surface area contributed by atoms with Crippen molar-refractivity contribution >= 4 is 11.9 Å². The van der Waals surface area contributed by atoms with Crippen molar-refractivity contribution < 1.29 is 4.79 Å². The molecule has 0 N–H and O–H groups in total. The highest BCUT2D eigenvalue weighted by atomic mass is 16.1. The maximum absolute atomic E-state index is 12.3. The maximum atomic E-state index is 12.3. The molecule has 1 aromatic heterocycles. The number of allylic oxidation sites excluding steroid dienone is 1. The van der Waals surface area contributed by atoms with Crippen LogP contribution in [0.1, 0.15) is 21.6 Å². The van der Waals surface area contributed by atoms with Crippen molar-refractivity contribution in [2.45, 2.75) is 6.92 Å². The van der Waals surface area contributed by atoms with Crippen LogP contribution < -0.4 is 0 Å². The monoisotopic (exact) mass is 300 g/mol. The fourth-order valence-electron chi connectivity index (χ4n) is 2.26. The van der Waals surface area contributed by atoms with Crippen LogP contribution in [-0.4, -0.2) is 15.8 Å². The third-order valence-electron chi connectivity index (χ3n) is 3.50. The van der Waals surface area contributed by atoms with Crippen LogP contribution >= 0.6 is 0 Å². The van der Waals surface area contributed by atoms with E-state index in [1.165, 1.54) is 0 Å². The second kappa shape index (κ2) is 6.79. The van der Waals surface area contributed by atoms with Gasteiger partial charge in [0.1, 0.15) is 0 Å². The molecular formula is C20H16N2O. The van der Waals surface area contributed by atoms with Crippen molar-refractivity contribution in [2.24, 2.45) is 0 Å². The molecule has 0 aliphatic carbocycles. The van der Waals surface area contributed by atoms with E-state index in [1.807, 2.05) is 67.6 Å². The number of hydrogen-bond donors (Lipinski definition) is 0. The lowest BCUT2D eigenvalue weighted by Gasteiger charge is -2.04. The van der Waals surface area contributed by atoms with Crippen LogP contribution in [0.2, 0.25) is 0 Å².